The van der Waals surface area contributed by atoms with E-state index in [1.807, 2.05) is 37.3 Å². The van der Waals surface area contributed by atoms with E-state index in [0.29, 0.717) is 23.5 Å². The van der Waals surface area contributed by atoms with Gasteiger partial charge in [0, 0.05) is 11.3 Å². The number of phenolic OH excluding ortho intramolecular Hbond substituents is 1. The van der Waals surface area contributed by atoms with Gasteiger partial charge >= 0.3 is 0 Å². The predicted octanol–water partition coefficient (Wildman–Crippen LogP) is 5.45. The summed E-state index contributed by atoms with van der Waals surface area (Å²) in [5, 5.41) is 23.6. The first-order chi connectivity index (χ1) is 20.0. The maximum atomic E-state index is 14.5. The van der Waals surface area contributed by atoms with E-state index in [9.17, 15) is 34.2 Å². The highest BCUT2D eigenvalue weighted by Crippen LogP contribution is 2.64. The Labute approximate surface area is 253 Å². The van der Waals surface area contributed by atoms with E-state index >= 15 is 0 Å². The Hall–Kier alpha value is -3.45. The number of Topliss-reactive ketones (excluding diaryl/α,β-unsaturated/α-hetero) is 5. The molecule has 0 amide bonds. The molecule has 7 heteroatoms. The van der Waals surface area contributed by atoms with E-state index in [4.69, 9.17) is 0 Å². The molecule has 2 aromatic carbocycles. The molecule has 2 saturated carbocycles. The van der Waals surface area contributed by atoms with Crippen molar-refractivity contribution in [1.29, 1.82) is 0 Å². The molecule has 0 aliphatic heterocycles. The summed E-state index contributed by atoms with van der Waals surface area (Å²) < 4.78 is 0. The zero-order valence-corrected chi connectivity index (χ0v) is 26.3. The number of aryl methyl sites for hydroxylation is 1. The van der Waals surface area contributed by atoms with Crippen molar-refractivity contribution in [2.45, 2.75) is 86.2 Å². The third-order valence-corrected chi connectivity index (χ3v) is 10.7. The minimum atomic E-state index is -2.70. The van der Waals surface area contributed by atoms with Crippen LogP contribution >= 0.6 is 0 Å². The van der Waals surface area contributed by atoms with Crippen LogP contribution in [0.3, 0.4) is 0 Å². The largest absolute Gasteiger partial charge is 0.507 e. The van der Waals surface area contributed by atoms with Crippen LogP contribution in [0.1, 0.15) is 94.8 Å². The molecule has 0 radical (unpaired) electrons. The van der Waals surface area contributed by atoms with E-state index in [2.05, 4.69) is 13.8 Å². The third kappa shape index (κ3) is 4.07. The average molecular weight is 587 g/mol. The van der Waals surface area contributed by atoms with Gasteiger partial charge in [0.15, 0.2) is 28.7 Å². The minimum absolute atomic E-state index is 0.0328. The summed E-state index contributed by atoms with van der Waals surface area (Å²) in [6.45, 7) is 14.2. The Bertz CT molecular complexity index is 1580. The number of aromatic hydroxyl groups is 1. The van der Waals surface area contributed by atoms with Crippen LogP contribution in [0.25, 0.3) is 11.1 Å². The lowest BCUT2D eigenvalue weighted by Crippen LogP contribution is -2.76. The molecule has 43 heavy (non-hydrogen) atoms. The monoisotopic (exact) mass is 586 g/mol. The number of carbonyl (C=O) groups excluding carboxylic acids is 5. The molecule has 0 aromatic heterocycles. The first-order valence-electron chi connectivity index (χ1n) is 15.3. The molecular weight excluding hydrogens is 544 g/mol. The highest BCUT2D eigenvalue weighted by Gasteiger charge is 2.76. The van der Waals surface area contributed by atoms with Gasteiger partial charge in [-0.3, -0.25) is 24.0 Å². The second kappa shape index (κ2) is 10.0. The molecule has 5 rings (SSSR count). The number of carbonyl (C=O) groups is 5. The molecule has 2 N–H and O–H groups in total. The summed E-state index contributed by atoms with van der Waals surface area (Å²) in [5.41, 5.74) is -1.24. The van der Waals surface area contributed by atoms with E-state index in [0.717, 1.165) is 23.6 Å². The summed E-state index contributed by atoms with van der Waals surface area (Å²) in [5.74, 6) is -8.43. The van der Waals surface area contributed by atoms with Crippen molar-refractivity contribution >= 4 is 28.9 Å². The summed E-state index contributed by atoms with van der Waals surface area (Å²) in [7, 11) is 0. The fourth-order valence-corrected chi connectivity index (χ4v) is 8.83. The van der Waals surface area contributed by atoms with Crippen LogP contribution < -0.4 is 0 Å². The number of hydrogen-bond donors (Lipinski definition) is 2. The number of aliphatic hydroxyl groups is 1. The van der Waals surface area contributed by atoms with Gasteiger partial charge in [0.05, 0.1) is 11.5 Å². The summed E-state index contributed by atoms with van der Waals surface area (Å²) in [6, 6.07) is 10.00. The highest BCUT2D eigenvalue weighted by atomic mass is 16.3. The molecular formula is C36H42O7. The number of hydrogen-bond acceptors (Lipinski definition) is 7. The second-order valence-corrected chi connectivity index (χ2v) is 14.2. The number of rotatable bonds is 5. The fraction of sp³-hybridized carbons (Fsp3) is 0.528. The molecule has 2 aromatic rings. The van der Waals surface area contributed by atoms with Crippen molar-refractivity contribution in [2.24, 2.45) is 34.5 Å². The van der Waals surface area contributed by atoms with Crippen molar-refractivity contribution in [3.63, 3.8) is 0 Å². The Kier molecular flexibility index (Phi) is 7.24. The van der Waals surface area contributed by atoms with Crippen LogP contribution in [0.5, 0.6) is 5.75 Å². The van der Waals surface area contributed by atoms with Crippen LogP contribution in [0.15, 0.2) is 30.3 Å². The van der Waals surface area contributed by atoms with E-state index in [-0.39, 0.29) is 30.1 Å². The zero-order chi connectivity index (χ0) is 32.0. The number of ketones is 5. The van der Waals surface area contributed by atoms with Crippen LogP contribution in [0, 0.1) is 34.5 Å². The van der Waals surface area contributed by atoms with Gasteiger partial charge in [-0.1, -0.05) is 72.7 Å². The lowest BCUT2D eigenvalue weighted by atomic mass is 9.39. The van der Waals surface area contributed by atoms with Crippen molar-refractivity contribution in [3.8, 4) is 16.9 Å². The number of fused-ring (bicyclic) bond motifs is 3. The van der Waals surface area contributed by atoms with E-state index < -0.39 is 63.1 Å². The van der Waals surface area contributed by atoms with Gasteiger partial charge < -0.3 is 10.2 Å². The summed E-state index contributed by atoms with van der Waals surface area (Å²) in [6.07, 6.45) is 0.696. The molecule has 228 valence electrons. The quantitative estimate of drug-likeness (QED) is 0.447. The Morgan fingerprint density at radius 3 is 2.12 bits per heavy atom. The van der Waals surface area contributed by atoms with Gasteiger partial charge in [-0.25, -0.2) is 0 Å². The number of phenols is 1. The van der Waals surface area contributed by atoms with Crippen LogP contribution in [0.2, 0.25) is 0 Å². The fourth-order valence-electron chi connectivity index (χ4n) is 8.83. The molecule has 2 fully saturated rings. The van der Waals surface area contributed by atoms with Gasteiger partial charge in [0.2, 0.25) is 0 Å². The number of benzene rings is 2. The Balaban J connectivity index is 1.75. The molecule has 0 heterocycles. The van der Waals surface area contributed by atoms with E-state index in [1.54, 1.807) is 27.7 Å². The molecule has 0 bridgehead atoms. The molecule has 0 spiro atoms. The normalized spacial score (nSPS) is 32.1. The highest BCUT2D eigenvalue weighted by molar-refractivity contribution is 6.32. The van der Waals surface area contributed by atoms with Crippen LogP contribution in [-0.2, 0) is 32.0 Å². The smallest absolute Gasteiger partial charge is 0.190 e. The summed E-state index contributed by atoms with van der Waals surface area (Å²) in [4.78, 5) is 69.1. The standard InChI is InChI=1S/C36H42O7/c1-9-20-14-23(22-12-10-21(11-13-22)17(2)3)24-15-34(7)16-35(8)27(18(4)5)30(39)25(19(6)37)32(41)36(35,43)33(42)28(34)31(40)26(24)29(20)38/h10-14,17-18,25,27-28,38,43H,9,15-16H2,1-8H3/t25?,27?,28?,34-,35-,36+/m1/s1. The van der Waals surface area contributed by atoms with Crippen LogP contribution in [0.4, 0.5) is 0 Å². The maximum absolute atomic E-state index is 14.5. The van der Waals surface area contributed by atoms with Gasteiger partial charge in [0.1, 0.15) is 17.5 Å². The lowest BCUT2D eigenvalue weighted by Gasteiger charge is -2.62. The van der Waals surface area contributed by atoms with E-state index in [1.165, 1.54) is 0 Å². The molecule has 3 aliphatic carbocycles. The minimum Gasteiger partial charge on any atom is -0.507 e. The second-order valence-electron chi connectivity index (χ2n) is 14.2. The topological polar surface area (TPSA) is 126 Å². The molecule has 0 saturated heterocycles. The van der Waals surface area contributed by atoms with Gasteiger partial charge in [-0.05, 0) is 77.3 Å². The first kappa shape index (κ1) is 31.0. The third-order valence-electron chi connectivity index (χ3n) is 10.7. The Morgan fingerprint density at radius 2 is 1.60 bits per heavy atom. The van der Waals surface area contributed by atoms with Crippen molar-refractivity contribution in [1.82, 2.24) is 0 Å². The molecule has 3 aliphatic rings. The molecule has 3 unspecified atom stereocenters. The SMILES string of the molecule is CCc1cc(-c2ccc(C(C)C)cc2)c2c(c1O)C(=O)C1C(=O)[C@@]3(O)C(=O)C(C(C)=O)C(=O)C(C(C)C)[C@@]3(C)C[C@@]1(C)C2. The molecule has 6 atom stereocenters. The predicted molar refractivity (Wildman–Crippen MR) is 162 cm³/mol. The van der Waals surface area contributed by atoms with Crippen molar-refractivity contribution < 1.29 is 34.2 Å². The summed E-state index contributed by atoms with van der Waals surface area (Å²) >= 11 is 0. The van der Waals surface area contributed by atoms with Gasteiger partial charge in [0.25, 0.3) is 0 Å². The first-order valence-corrected chi connectivity index (χ1v) is 15.3. The van der Waals surface area contributed by atoms with Gasteiger partial charge in [-0.15, -0.1) is 0 Å². The average Bonchev–Trinajstić information content (AvgIpc) is 2.90. The maximum Gasteiger partial charge on any atom is 0.190 e. The zero-order valence-electron chi connectivity index (χ0n) is 26.3. The van der Waals surface area contributed by atoms with Gasteiger partial charge in [-0.2, -0.15) is 0 Å². The van der Waals surface area contributed by atoms with Crippen molar-refractivity contribution in [2.75, 3.05) is 0 Å². The molecule has 7 nitrogen and oxygen atoms in total. The van der Waals surface area contributed by atoms with Crippen LogP contribution in [-0.4, -0.2) is 44.7 Å². The Morgan fingerprint density at radius 1 is 1.00 bits per heavy atom. The lowest BCUT2D eigenvalue weighted by molar-refractivity contribution is -0.205. The van der Waals surface area contributed by atoms with Crippen molar-refractivity contribution in [3.05, 3.63) is 52.6 Å².